The zero-order chi connectivity index (χ0) is 11.4. The van der Waals surface area contributed by atoms with Crippen LogP contribution in [-0.4, -0.2) is 4.98 Å². The number of benzene rings is 1. The van der Waals surface area contributed by atoms with Crippen molar-refractivity contribution in [2.24, 2.45) is 0 Å². The Bertz CT molecular complexity index is 474. The summed E-state index contributed by atoms with van der Waals surface area (Å²) in [6, 6.07) is 12.1. The van der Waals surface area contributed by atoms with Crippen LogP contribution in [0, 0.1) is 0 Å². The van der Waals surface area contributed by atoms with Gasteiger partial charge in [-0.05, 0) is 11.6 Å². The van der Waals surface area contributed by atoms with Crippen LogP contribution in [0.3, 0.4) is 0 Å². The predicted octanol–water partition coefficient (Wildman–Crippen LogP) is 3.61. The van der Waals surface area contributed by atoms with Crippen molar-refractivity contribution in [3.63, 3.8) is 0 Å². The van der Waals surface area contributed by atoms with Crippen LogP contribution < -0.4 is 5.73 Å². The van der Waals surface area contributed by atoms with E-state index in [2.05, 4.69) is 17.1 Å². The van der Waals surface area contributed by atoms with Crippen molar-refractivity contribution in [1.82, 2.24) is 4.98 Å². The van der Waals surface area contributed by atoms with Gasteiger partial charge in [0.1, 0.15) is 5.82 Å². The quantitative estimate of drug-likeness (QED) is 0.846. The van der Waals surface area contributed by atoms with Gasteiger partial charge in [-0.2, -0.15) is 0 Å². The number of hydrogen-bond acceptors (Lipinski definition) is 3. The zero-order valence-electron chi connectivity index (χ0n) is 8.56. The molecule has 0 amide bonds. The van der Waals surface area contributed by atoms with Gasteiger partial charge < -0.3 is 5.73 Å². The number of aromatic nitrogens is 1. The van der Waals surface area contributed by atoms with Crippen LogP contribution in [0.2, 0.25) is 5.02 Å². The summed E-state index contributed by atoms with van der Waals surface area (Å²) in [5.74, 6) is 1.40. The van der Waals surface area contributed by atoms with Crippen molar-refractivity contribution in [3.8, 4) is 0 Å². The highest BCUT2D eigenvalue weighted by Crippen LogP contribution is 2.28. The topological polar surface area (TPSA) is 38.9 Å². The van der Waals surface area contributed by atoms with Crippen LogP contribution in [0.25, 0.3) is 0 Å². The first kappa shape index (κ1) is 11.3. The lowest BCUT2D eigenvalue weighted by Crippen LogP contribution is -1.92. The molecule has 16 heavy (non-hydrogen) atoms. The third-order valence-corrected chi connectivity index (χ3v) is 3.41. The molecule has 0 saturated heterocycles. The number of halogens is 1. The number of anilines is 1. The lowest BCUT2D eigenvalue weighted by Gasteiger charge is -2.04. The molecule has 0 spiro atoms. The molecule has 2 N–H and O–H groups in total. The summed E-state index contributed by atoms with van der Waals surface area (Å²) >= 11 is 7.51. The van der Waals surface area contributed by atoms with Crippen LogP contribution in [0.15, 0.2) is 47.5 Å². The van der Waals surface area contributed by atoms with Gasteiger partial charge in [0.15, 0.2) is 0 Å². The smallest absolute Gasteiger partial charge is 0.137 e. The van der Waals surface area contributed by atoms with Crippen LogP contribution in [-0.2, 0) is 5.75 Å². The van der Waals surface area contributed by atoms with Gasteiger partial charge in [0, 0.05) is 11.9 Å². The van der Waals surface area contributed by atoms with Gasteiger partial charge in [-0.15, -0.1) is 11.8 Å². The molecule has 82 valence electrons. The van der Waals surface area contributed by atoms with Crippen LogP contribution in [0.1, 0.15) is 5.56 Å². The lowest BCUT2D eigenvalue weighted by molar-refractivity contribution is 1.25. The molecule has 2 rings (SSSR count). The second-order valence-electron chi connectivity index (χ2n) is 3.31. The molecule has 1 aromatic heterocycles. The average molecular weight is 251 g/mol. The molecule has 2 nitrogen and oxygen atoms in total. The van der Waals surface area contributed by atoms with Gasteiger partial charge in [-0.3, -0.25) is 0 Å². The second-order valence-corrected chi connectivity index (χ2v) is 4.76. The Balaban J connectivity index is 2.08. The first-order chi connectivity index (χ1) is 7.75. The van der Waals surface area contributed by atoms with Crippen molar-refractivity contribution in [2.75, 3.05) is 5.73 Å². The Morgan fingerprint density at radius 2 is 2.00 bits per heavy atom. The molecule has 0 saturated carbocycles. The summed E-state index contributed by atoms with van der Waals surface area (Å²) in [5.41, 5.74) is 7.02. The highest BCUT2D eigenvalue weighted by molar-refractivity contribution is 7.98. The maximum absolute atomic E-state index is 5.87. The SMILES string of the molecule is Nc1ncc(Cl)cc1SCc1ccccc1. The molecule has 2 aromatic rings. The molecular formula is C12H11ClN2S. The van der Waals surface area contributed by atoms with E-state index in [4.69, 9.17) is 17.3 Å². The minimum atomic E-state index is 0.533. The van der Waals surface area contributed by atoms with E-state index in [1.54, 1.807) is 18.0 Å². The highest BCUT2D eigenvalue weighted by Gasteiger charge is 2.02. The maximum Gasteiger partial charge on any atom is 0.137 e. The molecular weight excluding hydrogens is 240 g/mol. The van der Waals surface area contributed by atoms with Gasteiger partial charge in [0.05, 0.1) is 9.92 Å². The fraction of sp³-hybridized carbons (Fsp3) is 0.0833. The lowest BCUT2D eigenvalue weighted by atomic mass is 10.2. The maximum atomic E-state index is 5.87. The first-order valence-electron chi connectivity index (χ1n) is 4.83. The molecule has 0 radical (unpaired) electrons. The van der Waals surface area contributed by atoms with E-state index in [-0.39, 0.29) is 0 Å². The summed E-state index contributed by atoms with van der Waals surface area (Å²) in [6.07, 6.45) is 1.56. The number of rotatable bonds is 3. The van der Waals surface area contributed by atoms with E-state index >= 15 is 0 Å². The third kappa shape index (κ3) is 2.90. The summed E-state index contributed by atoms with van der Waals surface area (Å²) in [5, 5.41) is 0.616. The Hall–Kier alpha value is -1.19. The molecule has 0 aliphatic carbocycles. The van der Waals surface area contributed by atoms with E-state index in [9.17, 15) is 0 Å². The summed E-state index contributed by atoms with van der Waals surface area (Å²) in [7, 11) is 0. The van der Waals surface area contributed by atoms with Gasteiger partial charge in [-0.1, -0.05) is 41.9 Å². The van der Waals surface area contributed by atoms with Crippen LogP contribution in [0.4, 0.5) is 5.82 Å². The zero-order valence-corrected chi connectivity index (χ0v) is 10.1. The Morgan fingerprint density at radius 3 is 2.75 bits per heavy atom. The number of nitrogens with zero attached hydrogens (tertiary/aromatic N) is 1. The van der Waals surface area contributed by atoms with Gasteiger partial charge in [0.2, 0.25) is 0 Å². The molecule has 0 bridgehead atoms. The van der Waals surface area contributed by atoms with Crippen LogP contribution >= 0.6 is 23.4 Å². The molecule has 0 aliphatic heterocycles. The average Bonchev–Trinajstić information content (AvgIpc) is 2.32. The monoisotopic (exact) mass is 250 g/mol. The molecule has 0 atom stereocenters. The number of hydrogen-bond donors (Lipinski definition) is 1. The summed E-state index contributed by atoms with van der Waals surface area (Å²) in [4.78, 5) is 4.94. The molecule has 1 aromatic carbocycles. The van der Waals surface area contributed by atoms with Gasteiger partial charge in [0.25, 0.3) is 0 Å². The number of nitrogens with two attached hydrogens (primary N) is 1. The highest BCUT2D eigenvalue weighted by atomic mass is 35.5. The van der Waals surface area contributed by atoms with E-state index in [1.807, 2.05) is 24.3 Å². The second kappa shape index (κ2) is 5.23. The van der Waals surface area contributed by atoms with Crippen molar-refractivity contribution in [1.29, 1.82) is 0 Å². The Labute approximate surface area is 104 Å². The van der Waals surface area contributed by atoms with Gasteiger partial charge >= 0.3 is 0 Å². The fourth-order valence-electron chi connectivity index (χ4n) is 1.28. The standard InChI is InChI=1S/C12H11ClN2S/c13-10-6-11(12(14)15-7-10)16-8-9-4-2-1-3-5-9/h1-7H,8H2,(H2,14,15). The van der Waals surface area contributed by atoms with E-state index in [0.29, 0.717) is 10.8 Å². The summed E-state index contributed by atoms with van der Waals surface area (Å²) < 4.78 is 0. The molecule has 0 fully saturated rings. The molecule has 4 heteroatoms. The van der Waals surface area contributed by atoms with Crippen molar-refractivity contribution in [2.45, 2.75) is 10.6 Å². The first-order valence-corrected chi connectivity index (χ1v) is 6.20. The number of thioether (sulfide) groups is 1. The molecule has 1 heterocycles. The van der Waals surface area contributed by atoms with E-state index < -0.39 is 0 Å². The molecule has 0 aliphatic rings. The van der Waals surface area contributed by atoms with Crippen molar-refractivity contribution < 1.29 is 0 Å². The predicted molar refractivity (Wildman–Crippen MR) is 69.7 cm³/mol. The largest absolute Gasteiger partial charge is 0.383 e. The van der Waals surface area contributed by atoms with Crippen molar-refractivity contribution >= 4 is 29.2 Å². The van der Waals surface area contributed by atoms with E-state index in [0.717, 1.165) is 10.6 Å². The van der Waals surface area contributed by atoms with E-state index in [1.165, 1.54) is 5.56 Å². The molecule has 0 unspecified atom stereocenters. The fourth-order valence-corrected chi connectivity index (χ4v) is 2.43. The third-order valence-electron chi connectivity index (χ3n) is 2.09. The Kier molecular flexibility index (Phi) is 3.70. The minimum absolute atomic E-state index is 0.533. The van der Waals surface area contributed by atoms with Gasteiger partial charge in [-0.25, -0.2) is 4.98 Å². The summed E-state index contributed by atoms with van der Waals surface area (Å²) in [6.45, 7) is 0. The number of nitrogen functional groups attached to an aromatic ring is 1. The Morgan fingerprint density at radius 1 is 1.25 bits per heavy atom. The number of pyridine rings is 1. The van der Waals surface area contributed by atoms with Crippen LogP contribution in [0.5, 0.6) is 0 Å². The normalized spacial score (nSPS) is 10.3. The minimum Gasteiger partial charge on any atom is -0.383 e. The van der Waals surface area contributed by atoms with Crippen molar-refractivity contribution in [3.05, 3.63) is 53.2 Å².